The third-order valence-electron chi connectivity index (χ3n) is 3.35. The summed E-state index contributed by atoms with van der Waals surface area (Å²) in [6.07, 6.45) is 1.58. The van der Waals surface area contributed by atoms with Crippen molar-refractivity contribution < 1.29 is 19.2 Å². The summed E-state index contributed by atoms with van der Waals surface area (Å²) in [7, 11) is 1.42. The van der Waals surface area contributed by atoms with Gasteiger partial charge in [-0.15, -0.1) is 0 Å². The van der Waals surface area contributed by atoms with Gasteiger partial charge < -0.3 is 9.47 Å². The Balaban J connectivity index is 2.03. The Hall–Kier alpha value is -3.48. The SMILES string of the molecule is COc1ccc([N+](=O)[O-])cc1C1=N/C(=C/c2ccccc2)C(=O)O1. The molecule has 3 rings (SSSR count). The highest BCUT2D eigenvalue weighted by Crippen LogP contribution is 2.28. The van der Waals surface area contributed by atoms with Gasteiger partial charge in [-0.25, -0.2) is 9.79 Å². The van der Waals surface area contributed by atoms with Crippen LogP contribution in [0.15, 0.2) is 59.2 Å². The van der Waals surface area contributed by atoms with E-state index in [0.717, 1.165) is 5.56 Å². The highest BCUT2D eigenvalue weighted by molar-refractivity contribution is 6.14. The lowest BCUT2D eigenvalue weighted by Gasteiger charge is -2.06. The number of rotatable bonds is 4. The number of carbonyl (C=O) groups excluding carboxylic acids is 1. The lowest BCUT2D eigenvalue weighted by atomic mass is 10.1. The van der Waals surface area contributed by atoms with Gasteiger partial charge in [0.15, 0.2) is 5.70 Å². The van der Waals surface area contributed by atoms with Crippen LogP contribution in [0.4, 0.5) is 5.69 Å². The van der Waals surface area contributed by atoms with Gasteiger partial charge in [-0.1, -0.05) is 30.3 Å². The summed E-state index contributed by atoms with van der Waals surface area (Å²) < 4.78 is 10.3. The summed E-state index contributed by atoms with van der Waals surface area (Å²) in [6.45, 7) is 0. The third kappa shape index (κ3) is 3.00. The number of esters is 1. The van der Waals surface area contributed by atoms with Crippen molar-refractivity contribution in [3.8, 4) is 5.75 Å². The number of methoxy groups -OCH3 is 1. The number of aliphatic imine (C=N–C) groups is 1. The Morgan fingerprint density at radius 3 is 2.62 bits per heavy atom. The Kier molecular flexibility index (Phi) is 4.07. The molecule has 7 heteroatoms. The van der Waals surface area contributed by atoms with Crippen LogP contribution in [0.5, 0.6) is 5.75 Å². The minimum absolute atomic E-state index is 0.0252. The standard InChI is InChI=1S/C17H12N2O5/c1-23-15-8-7-12(19(21)22)10-13(15)16-18-14(17(20)24-16)9-11-5-3-2-4-6-11/h2-10H,1H3/b14-9+. The number of carbonyl (C=O) groups is 1. The predicted octanol–water partition coefficient (Wildman–Crippen LogP) is 2.95. The average molecular weight is 324 g/mol. The fourth-order valence-corrected chi connectivity index (χ4v) is 2.21. The van der Waals surface area contributed by atoms with Crippen molar-refractivity contribution in [1.29, 1.82) is 0 Å². The molecule has 0 aliphatic carbocycles. The Morgan fingerprint density at radius 1 is 1.21 bits per heavy atom. The molecule has 0 saturated heterocycles. The molecule has 24 heavy (non-hydrogen) atoms. The van der Waals surface area contributed by atoms with Crippen LogP contribution in [-0.4, -0.2) is 23.9 Å². The number of non-ortho nitro benzene ring substituents is 1. The van der Waals surface area contributed by atoms with Crippen molar-refractivity contribution in [1.82, 2.24) is 0 Å². The van der Waals surface area contributed by atoms with Gasteiger partial charge in [0, 0.05) is 12.1 Å². The molecule has 0 amide bonds. The number of nitrogens with zero attached hydrogens (tertiary/aromatic N) is 2. The predicted molar refractivity (Wildman–Crippen MR) is 86.7 cm³/mol. The molecule has 1 aliphatic rings. The van der Waals surface area contributed by atoms with E-state index in [1.165, 1.54) is 25.3 Å². The van der Waals surface area contributed by atoms with Crippen molar-refractivity contribution >= 4 is 23.6 Å². The first kappa shape index (κ1) is 15.4. The van der Waals surface area contributed by atoms with Crippen molar-refractivity contribution in [2.75, 3.05) is 7.11 Å². The van der Waals surface area contributed by atoms with Gasteiger partial charge in [0.1, 0.15) is 5.75 Å². The van der Waals surface area contributed by atoms with Gasteiger partial charge >= 0.3 is 5.97 Å². The molecule has 0 atom stereocenters. The highest BCUT2D eigenvalue weighted by atomic mass is 16.6. The van der Waals surface area contributed by atoms with Crippen LogP contribution >= 0.6 is 0 Å². The normalized spacial score (nSPS) is 15.1. The van der Waals surface area contributed by atoms with Crippen LogP contribution in [0.2, 0.25) is 0 Å². The lowest BCUT2D eigenvalue weighted by molar-refractivity contribution is -0.384. The maximum Gasteiger partial charge on any atom is 0.363 e. The molecular weight excluding hydrogens is 312 g/mol. The Morgan fingerprint density at radius 2 is 1.96 bits per heavy atom. The first-order chi connectivity index (χ1) is 11.6. The van der Waals surface area contributed by atoms with Gasteiger partial charge in [-0.2, -0.15) is 0 Å². The molecule has 1 heterocycles. The number of cyclic esters (lactones) is 1. The van der Waals surface area contributed by atoms with E-state index in [9.17, 15) is 14.9 Å². The van der Waals surface area contributed by atoms with Crippen molar-refractivity contribution in [3.63, 3.8) is 0 Å². The number of hydrogen-bond donors (Lipinski definition) is 0. The zero-order chi connectivity index (χ0) is 17.1. The summed E-state index contributed by atoms with van der Waals surface area (Å²) in [5.74, 6) is -0.321. The maximum atomic E-state index is 12.0. The molecule has 120 valence electrons. The molecule has 0 fully saturated rings. The topological polar surface area (TPSA) is 91.0 Å². The number of hydrogen-bond acceptors (Lipinski definition) is 6. The molecule has 1 aliphatic heterocycles. The third-order valence-corrected chi connectivity index (χ3v) is 3.35. The van der Waals surface area contributed by atoms with Crippen LogP contribution in [-0.2, 0) is 9.53 Å². The second-order valence-electron chi connectivity index (χ2n) is 4.89. The molecule has 0 saturated carbocycles. The van der Waals surface area contributed by atoms with E-state index < -0.39 is 10.9 Å². The number of ether oxygens (including phenoxy) is 2. The number of nitro groups is 1. The number of benzene rings is 2. The largest absolute Gasteiger partial charge is 0.496 e. The van der Waals surface area contributed by atoms with E-state index in [4.69, 9.17) is 9.47 Å². The first-order valence-corrected chi connectivity index (χ1v) is 6.99. The zero-order valence-electron chi connectivity index (χ0n) is 12.6. The molecule has 0 bridgehead atoms. The molecular formula is C17H12N2O5. The fourth-order valence-electron chi connectivity index (χ4n) is 2.21. The quantitative estimate of drug-likeness (QED) is 0.373. The Labute approximate surface area is 137 Å². The lowest BCUT2D eigenvalue weighted by Crippen LogP contribution is -2.07. The van der Waals surface area contributed by atoms with Gasteiger partial charge in [0.25, 0.3) is 5.69 Å². The smallest absolute Gasteiger partial charge is 0.363 e. The average Bonchev–Trinajstić information content (AvgIpc) is 2.95. The summed E-state index contributed by atoms with van der Waals surface area (Å²) in [4.78, 5) is 26.6. The van der Waals surface area contributed by atoms with E-state index in [-0.39, 0.29) is 22.8 Å². The number of nitro benzene ring substituents is 1. The molecule has 0 N–H and O–H groups in total. The highest BCUT2D eigenvalue weighted by Gasteiger charge is 2.27. The van der Waals surface area contributed by atoms with Crippen LogP contribution in [0.1, 0.15) is 11.1 Å². The fraction of sp³-hybridized carbons (Fsp3) is 0.0588. The maximum absolute atomic E-state index is 12.0. The van der Waals surface area contributed by atoms with Gasteiger partial charge in [-0.05, 0) is 17.7 Å². The summed E-state index contributed by atoms with van der Waals surface area (Å²) in [5, 5.41) is 10.9. The van der Waals surface area contributed by atoms with Gasteiger partial charge in [0.2, 0.25) is 5.90 Å². The van der Waals surface area contributed by atoms with E-state index in [0.29, 0.717) is 5.75 Å². The minimum atomic E-state index is -0.623. The molecule has 2 aromatic carbocycles. The monoisotopic (exact) mass is 324 g/mol. The van der Waals surface area contributed by atoms with Crippen LogP contribution in [0.25, 0.3) is 6.08 Å². The van der Waals surface area contributed by atoms with Gasteiger partial charge in [0.05, 0.1) is 17.6 Å². The van der Waals surface area contributed by atoms with Gasteiger partial charge in [-0.3, -0.25) is 10.1 Å². The second kappa shape index (κ2) is 6.33. The van der Waals surface area contributed by atoms with Crippen LogP contribution in [0, 0.1) is 10.1 Å². The summed E-state index contributed by atoms with van der Waals surface area (Å²) in [5.41, 5.74) is 1.01. The minimum Gasteiger partial charge on any atom is -0.496 e. The Bertz CT molecular complexity index is 872. The molecule has 0 unspecified atom stereocenters. The second-order valence-corrected chi connectivity index (χ2v) is 4.89. The van der Waals surface area contributed by atoms with Crippen molar-refractivity contribution in [2.24, 2.45) is 4.99 Å². The van der Waals surface area contributed by atoms with Crippen LogP contribution < -0.4 is 4.74 Å². The molecule has 2 aromatic rings. The first-order valence-electron chi connectivity index (χ1n) is 6.99. The van der Waals surface area contributed by atoms with E-state index in [1.54, 1.807) is 6.08 Å². The van der Waals surface area contributed by atoms with Crippen molar-refractivity contribution in [2.45, 2.75) is 0 Å². The van der Waals surface area contributed by atoms with Crippen molar-refractivity contribution in [3.05, 3.63) is 75.5 Å². The van der Waals surface area contributed by atoms with Crippen LogP contribution in [0.3, 0.4) is 0 Å². The van der Waals surface area contributed by atoms with E-state index in [1.807, 2.05) is 30.3 Å². The molecule has 7 nitrogen and oxygen atoms in total. The van der Waals surface area contributed by atoms with E-state index >= 15 is 0 Å². The summed E-state index contributed by atoms with van der Waals surface area (Å²) >= 11 is 0. The molecule has 0 radical (unpaired) electrons. The molecule has 0 aromatic heterocycles. The molecule has 0 spiro atoms. The zero-order valence-corrected chi connectivity index (χ0v) is 12.6. The summed E-state index contributed by atoms with van der Waals surface area (Å²) in [6, 6.07) is 13.2. The van der Waals surface area contributed by atoms with E-state index in [2.05, 4.69) is 4.99 Å².